The van der Waals surface area contributed by atoms with Gasteiger partial charge in [0, 0.05) is 6.54 Å². The molecule has 0 N–H and O–H groups in total. The highest BCUT2D eigenvalue weighted by atomic mass is 19.1. The maximum absolute atomic E-state index is 13.4. The minimum absolute atomic E-state index is 0.147. The van der Waals surface area contributed by atoms with E-state index < -0.39 is 5.82 Å². The Balaban J connectivity index is 2.43. The van der Waals surface area contributed by atoms with Crippen LogP contribution in [0.2, 0.25) is 0 Å². The van der Waals surface area contributed by atoms with Crippen molar-refractivity contribution in [1.82, 2.24) is 4.90 Å². The molecule has 0 atom stereocenters. The van der Waals surface area contributed by atoms with Gasteiger partial charge >= 0.3 is 0 Å². The maximum Gasteiger partial charge on any atom is 0.179 e. The van der Waals surface area contributed by atoms with Crippen molar-refractivity contribution >= 4 is 5.78 Å². The van der Waals surface area contributed by atoms with Crippen LogP contribution >= 0.6 is 0 Å². The first kappa shape index (κ1) is 14.8. The lowest BCUT2D eigenvalue weighted by Gasteiger charge is -2.16. The Morgan fingerprint density at radius 3 is 2.67 bits per heavy atom. The predicted octanol–water partition coefficient (Wildman–Crippen LogP) is 2.37. The Kier molecular flexibility index (Phi) is 5.95. The third-order valence-corrected chi connectivity index (χ3v) is 2.51. The predicted molar refractivity (Wildman–Crippen MR) is 69.3 cm³/mol. The van der Waals surface area contributed by atoms with Crippen LogP contribution < -0.4 is 0 Å². The van der Waals surface area contributed by atoms with E-state index in [0.29, 0.717) is 13.2 Å². The van der Waals surface area contributed by atoms with Crippen LogP contribution in [0.5, 0.6) is 0 Å². The molecule has 0 heterocycles. The molecule has 100 valence electrons. The number of carbonyl (C=O) groups excluding carboxylic acids is 1. The molecule has 1 aromatic carbocycles. The van der Waals surface area contributed by atoms with Gasteiger partial charge in [-0.25, -0.2) is 4.39 Å². The molecule has 3 nitrogen and oxygen atoms in total. The van der Waals surface area contributed by atoms with E-state index >= 15 is 0 Å². The van der Waals surface area contributed by atoms with Gasteiger partial charge in [-0.05, 0) is 33.0 Å². The number of benzene rings is 1. The summed E-state index contributed by atoms with van der Waals surface area (Å²) in [5, 5.41) is 0. The van der Waals surface area contributed by atoms with Crippen molar-refractivity contribution in [3.05, 3.63) is 35.6 Å². The second-order valence-electron chi connectivity index (χ2n) is 4.56. The molecule has 1 aromatic rings. The van der Waals surface area contributed by atoms with E-state index in [9.17, 15) is 9.18 Å². The lowest BCUT2D eigenvalue weighted by molar-refractivity contribution is 0.0619. The van der Waals surface area contributed by atoms with Gasteiger partial charge in [-0.1, -0.05) is 12.1 Å². The molecule has 0 aromatic heterocycles. The molecule has 1 rings (SSSR count). The molecule has 0 aliphatic heterocycles. The number of hydrogen-bond donors (Lipinski definition) is 0. The standard InChI is InChI=1S/C14H20FNO2/c1-11(2)18-9-8-16(3)10-14(17)12-6-4-5-7-13(12)15/h4-7,11H,8-10H2,1-3H3. The quantitative estimate of drug-likeness (QED) is 0.699. The van der Waals surface area contributed by atoms with Crippen molar-refractivity contribution in [1.29, 1.82) is 0 Å². The summed E-state index contributed by atoms with van der Waals surface area (Å²) in [5.74, 6) is -0.672. The molecule has 0 saturated carbocycles. The van der Waals surface area contributed by atoms with Gasteiger partial charge in [-0.15, -0.1) is 0 Å². The Hall–Kier alpha value is -1.26. The fourth-order valence-corrected chi connectivity index (χ4v) is 1.54. The molecule has 0 aliphatic carbocycles. The highest BCUT2D eigenvalue weighted by Gasteiger charge is 2.13. The Labute approximate surface area is 108 Å². The zero-order valence-corrected chi connectivity index (χ0v) is 11.1. The van der Waals surface area contributed by atoms with Crippen LogP contribution in [0.4, 0.5) is 4.39 Å². The van der Waals surface area contributed by atoms with E-state index in [2.05, 4.69) is 0 Å². The molecule has 0 radical (unpaired) electrons. The van der Waals surface area contributed by atoms with Crippen LogP contribution in [0.15, 0.2) is 24.3 Å². The normalized spacial score (nSPS) is 11.2. The van der Waals surface area contributed by atoms with Crippen molar-refractivity contribution in [2.24, 2.45) is 0 Å². The fraction of sp³-hybridized carbons (Fsp3) is 0.500. The summed E-state index contributed by atoms with van der Waals surface area (Å²) in [5.41, 5.74) is 0.147. The first-order chi connectivity index (χ1) is 8.50. The van der Waals surface area contributed by atoms with Crippen molar-refractivity contribution in [3.63, 3.8) is 0 Å². The molecule has 0 fully saturated rings. The first-order valence-corrected chi connectivity index (χ1v) is 6.08. The molecule has 0 unspecified atom stereocenters. The summed E-state index contributed by atoms with van der Waals surface area (Å²) < 4.78 is 18.8. The summed E-state index contributed by atoms with van der Waals surface area (Å²) in [4.78, 5) is 13.7. The Morgan fingerprint density at radius 2 is 2.06 bits per heavy atom. The van der Waals surface area contributed by atoms with E-state index in [1.807, 2.05) is 25.8 Å². The van der Waals surface area contributed by atoms with Gasteiger partial charge in [-0.2, -0.15) is 0 Å². The van der Waals surface area contributed by atoms with Gasteiger partial charge in [0.05, 0.1) is 24.8 Å². The third-order valence-electron chi connectivity index (χ3n) is 2.51. The summed E-state index contributed by atoms with van der Waals surface area (Å²) in [6, 6.07) is 6.05. The molecule has 0 aliphatic rings. The largest absolute Gasteiger partial charge is 0.377 e. The molecule has 4 heteroatoms. The topological polar surface area (TPSA) is 29.5 Å². The maximum atomic E-state index is 13.4. The van der Waals surface area contributed by atoms with Gasteiger partial charge in [0.15, 0.2) is 5.78 Å². The van der Waals surface area contributed by atoms with Crippen LogP contribution in [-0.2, 0) is 4.74 Å². The molecular formula is C14H20FNO2. The number of Topliss-reactive ketones (excluding diaryl/α,β-unsaturated/α-hetero) is 1. The lowest BCUT2D eigenvalue weighted by atomic mass is 10.1. The second-order valence-corrected chi connectivity index (χ2v) is 4.56. The highest BCUT2D eigenvalue weighted by Crippen LogP contribution is 2.07. The lowest BCUT2D eigenvalue weighted by Crippen LogP contribution is -2.30. The number of hydrogen-bond acceptors (Lipinski definition) is 3. The second kappa shape index (κ2) is 7.24. The van der Waals surface area contributed by atoms with Gasteiger partial charge in [0.2, 0.25) is 0 Å². The van der Waals surface area contributed by atoms with Gasteiger partial charge in [0.1, 0.15) is 5.82 Å². The highest BCUT2D eigenvalue weighted by molar-refractivity contribution is 5.97. The summed E-state index contributed by atoms with van der Waals surface area (Å²) in [7, 11) is 1.82. The summed E-state index contributed by atoms with van der Waals surface area (Å²) in [6.07, 6.45) is 0.181. The third kappa shape index (κ3) is 4.94. The SMILES string of the molecule is CC(C)OCCN(C)CC(=O)c1ccccc1F. The van der Waals surface area contributed by atoms with Gasteiger partial charge in [-0.3, -0.25) is 9.69 Å². The molecule has 18 heavy (non-hydrogen) atoms. The first-order valence-electron chi connectivity index (χ1n) is 6.08. The Bertz CT molecular complexity index is 393. The van der Waals surface area contributed by atoms with Crippen molar-refractivity contribution in [3.8, 4) is 0 Å². The van der Waals surface area contributed by atoms with Crippen LogP contribution in [0.3, 0.4) is 0 Å². The minimum atomic E-state index is -0.464. The summed E-state index contributed by atoms with van der Waals surface area (Å²) in [6.45, 7) is 5.34. The van der Waals surface area contributed by atoms with E-state index in [4.69, 9.17) is 4.74 Å². The van der Waals surface area contributed by atoms with Crippen LogP contribution in [0, 0.1) is 5.82 Å². The van der Waals surface area contributed by atoms with Crippen LogP contribution in [0.25, 0.3) is 0 Å². The van der Waals surface area contributed by atoms with Crippen LogP contribution in [-0.4, -0.2) is 43.5 Å². The summed E-state index contributed by atoms with van der Waals surface area (Å²) >= 11 is 0. The fourth-order valence-electron chi connectivity index (χ4n) is 1.54. The van der Waals surface area contributed by atoms with Crippen molar-refractivity contribution in [2.45, 2.75) is 20.0 Å². The average molecular weight is 253 g/mol. The van der Waals surface area contributed by atoms with Crippen molar-refractivity contribution < 1.29 is 13.9 Å². The minimum Gasteiger partial charge on any atom is -0.377 e. The van der Waals surface area contributed by atoms with E-state index in [1.54, 1.807) is 12.1 Å². The Morgan fingerprint density at radius 1 is 1.39 bits per heavy atom. The number of halogens is 1. The zero-order chi connectivity index (χ0) is 13.5. The molecule has 0 saturated heterocycles. The van der Waals surface area contributed by atoms with Crippen LogP contribution in [0.1, 0.15) is 24.2 Å². The van der Waals surface area contributed by atoms with E-state index in [1.165, 1.54) is 12.1 Å². The van der Waals surface area contributed by atoms with Gasteiger partial charge in [0.25, 0.3) is 0 Å². The number of ketones is 1. The van der Waals surface area contributed by atoms with Crippen molar-refractivity contribution in [2.75, 3.05) is 26.7 Å². The molecular weight excluding hydrogens is 233 g/mol. The average Bonchev–Trinajstić information content (AvgIpc) is 2.28. The zero-order valence-electron chi connectivity index (χ0n) is 11.1. The van der Waals surface area contributed by atoms with Gasteiger partial charge < -0.3 is 4.74 Å². The number of likely N-dealkylation sites (N-methyl/N-ethyl adjacent to an activating group) is 1. The number of ether oxygens (including phenoxy) is 1. The number of nitrogens with zero attached hydrogens (tertiary/aromatic N) is 1. The monoisotopic (exact) mass is 253 g/mol. The number of carbonyl (C=O) groups is 1. The number of rotatable bonds is 7. The van der Waals surface area contributed by atoms with E-state index in [0.717, 1.165) is 0 Å². The molecule has 0 amide bonds. The molecule has 0 spiro atoms. The molecule has 0 bridgehead atoms. The smallest absolute Gasteiger partial charge is 0.179 e. The van der Waals surface area contributed by atoms with E-state index in [-0.39, 0.29) is 24.0 Å².